The molecule has 78 valence electrons. The van der Waals surface area contributed by atoms with Crippen molar-refractivity contribution in [2.75, 3.05) is 19.0 Å². The number of nitrogens with zero attached hydrogens (tertiary/aromatic N) is 1. The van der Waals surface area contributed by atoms with E-state index in [1.807, 2.05) is 13.8 Å². The Morgan fingerprint density at radius 2 is 1.62 bits per heavy atom. The first-order valence-electron chi connectivity index (χ1n) is 4.09. The van der Waals surface area contributed by atoms with Crippen molar-refractivity contribution in [2.45, 2.75) is 24.6 Å². The van der Waals surface area contributed by atoms with E-state index >= 15 is 0 Å². The minimum Gasteiger partial charge on any atom is -0.339 e. The Labute approximate surface area is 94.1 Å². The second-order valence-electron chi connectivity index (χ2n) is 2.99. The Balaban J connectivity index is 4.10. The van der Waals surface area contributed by atoms with Crippen LogP contribution in [-0.4, -0.2) is 40.5 Å². The van der Waals surface area contributed by atoms with Gasteiger partial charge >= 0.3 is 0 Å². The van der Waals surface area contributed by atoms with Crippen LogP contribution >= 0.6 is 34.8 Å². The first kappa shape index (κ1) is 13.3. The largest absolute Gasteiger partial charge is 0.339 e. The third-order valence-electron chi connectivity index (χ3n) is 1.41. The molecule has 0 aromatic rings. The molecule has 2 nitrogen and oxygen atoms in total. The summed E-state index contributed by atoms with van der Waals surface area (Å²) in [4.78, 5) is 12.8. The van der Waals surface area contributed by atoms with Gasteiger partial charge in [0.05, 0.1) is 0 Å². The fourth-order valence-corrected chi connectivity index (χ4v) is 1.47. The van der Waals surface area contributed by atoms with Crippen molar-refractivity contribution in [3.05, 3.63) is 0 Å². The number of carbonyl (C=O) groups excluding carboxylic acids is 1. The maximum Gasteiger partial charge on any atom is 0.237 e. The average molecular weight is 247 g/mol. The van der Waals surface area contributed by atoms with E-state index in [2.05, 4.69) is 0 Å². The van der Waals surface area contributed by atoms with Crippen LogP contribution in [0.1, 0.15) is 13.8 Å². The lowest BCUT2D eigenvalue weighted by molar-refractivity contribution is -0.128. The molecule has 5 heteroatoms. The van der Waals surface area contributed by atoms with E-state index in [1.165, 1.54) is 0 Å². The smallest absolute Gasteiger partial charge is 0.237 e. The van der Waals surface area contributed by atoms with Crippen LogP contribution in [0.25, 0.3) is 0 Å². The van der Waals surface area contributed by atoms with Gasteiger partial charge in [-0.25, -0.2) is 0 Å². The molecule has 0 aliphatic carbocycles. The molecule has 0 fully saturated rings. The Bertz CT molecular complexity index is 151. The van der Waals surface area contributed by atoms with E-state index < -0.39 is 0 Å². The van der Waals surface area contributed by atoms with Gasteiger partial charge in [-0.3, -0.25) is 4.79 Å². The summed E-state index contributed by atoms with van der Waals surface area (Å²) in [6.45, 7) is 4.64. The molecule has 0 aromatic heterocycles. The first-order chi connectivity index (χ1) is 5.97. The molecule has 0 rings (SSSR count). The second-order valence-corrected chi connectivity index (χ2v) is 4.75. The zero-order chi connectivity index (χ0) is 10.4. The third-order valence-corrected chi connectivity index (χ3v) is 1.92. The normalized spacial score (nSPS) is 15.2. The molecule has 0 aliphatic rings. The molecule has 0 heterocycles. The van der Waals surface area contributed by atoms with Gasteiger partial charge < -0.3 is 4.90 Å². The minimum atomic E-state index is -0.123. The van der Waals surface area contributed by atoms with Gasteiger partial charge in [0, 0.05) is 23.8 Å². The number of alkyl halides is 3. The van der Waals surface area contributed by atoms with Crippen LogP contribution in [-0.2, 0) is 4.79 Å². The molecule has 0 saturated heterocycles. The molecule has 2 atom stereocenters. The van der Waals surface area contributed by atoms with Crippen molar-refractivity contribution < 1.29 is 4.79 Å². The van der Waals surface area contributed by atoms with Gasteiger partial charge in [-0.2, -0.15) is 0 Å². The minimum absolute atomic E-state index is 0.0206. The zero-order valence-electron chi connectivity index (χ0n) is 7.77. The summed E-state index contributed by atoms with van der Waals surface area (Å²) in [6.07, 6.45) is 0. The molecule has 0 spiro atoms. The molecule has 1 amide bonds. The molecule has 13 heavy (non-hydrogen) atoms. The highest BCUT2D eigenvalue weighted by atomic mass is 35.5. The predicted octanol–water partition coefficient (Wildman–Crippen LogP) is 2.31. The number of amides is 1. The van der Waals surface area contributed by atoms with Gasteiger partial charge in [-0.1, -0.05) is 0 Å². The Hall–Kier alpha value is 0.340. The molecular weight excluding hydrogens is 232 g/mol. The van der Waals surface area contributed by atoms with E-state index in [0.717, 1.165) is 0 Å². The quantitative estimate of drug-likeness (QED) is 0.682. The SMILES string of the molecule is CC(Cl)CN(CC(C)Cl)C(=O)CCl. The Morgan fingerprint density at radius 3 is 1.85 bits per heavy atom. The van der Waals surface area contributed by atoms with E-state index in [0.29, 0.717) is 13.1 Å². The summed E-state index contributed by atoms with van der Waals surface area (Å²) in [5.41, 5.74) is 0. The van der Waals surface area contributed by atoms with E-state index in [1.54, 1.807) is 4.90 Å². The highest BCUT2D eigenvalue weighted by Crippen LogP contribution is 2.05. The summed E-state index contributed by atoms with van der Waals surface area (Å²) >= 11 is 17.0. The summed E-state index contributed by atoms with van der Waals surface area (Å²) < 4.78 is 0. The third kappa shape index (κ3) is 6.42. The molecule has 0 saturated carbocycles. The topological polar surface area (TPSA) is 20.3 Å². The van der Waals surface area contributed by atoms with Crippen LogP contribution < -0.4 is 0 Å². The molecule has 0 N–H and O–H groups in total. The predicted molar refractivity (Wildman–Crippen MR) is 57.9 cm³/mol. The lowest BCUT2D eigenvalue weighted by atomic mass is 10.3. The van der Waals surface area contributed by atoms with Crippen molar-refractivity contribution in [3.8, 4) is 0 Å². The highest BCUT2D eigenvalue weighted by molar-refractivity contribution is 6.27. The first-order valence-corrected chi connectivity index (χ1v) is 5.50. The fraction of sp³-hybridized carbons (Fsp3) is 0.875. The van der Waals surface area contributed by atoms with Gasteiger partial charge in [-0.05, 0) is 13.8 Å². The number of rotatable bonds is 5. The number of hydrogen-bond donors (Lipinski definition) is 0. The number of hydrogen-bond acceptors (Lipinski definition) is 1. The maximum absolute atomic E-state index is 11.3. The molecule has 0 bridgehead atoms. The van der Waals surface area contributed by atoms with E-state index in [9.17, 15) is 4.79 Å². The van der Waals surface area contributed by atoms with Crippen LogP contribution in [0.3, 0.4) is 0 Å². The molecule has 0 aliphatic heterocycles. The average Bonchev–Trinajstić information content (AvgIpc) is 2.00. The summed E-state index contributed by atoms with van der Waals surface area (Å²) in [7, 11) is 0. The van der Waals surface area contributed by atoms with Gasteiger partial charge in [0.1, 0.15) is 5.88 Å². The number of halogens is 3. The van der Waals surface area contributed by atoms with Crippen molar-refractivity contribution in [1.29, 1.82) is 0 Å². The van der Waals surface area contributed by atoms with Crippen LogP contribution in [0.2, 0.25) is 0 Å². The fourth-order valence-electron chi connectivity index (χ4n) is 0.970. The molecule has 0 radical (unpaired) electrons. The number of carbonyl (C=O) groups is 1. The monoisotopic (exact) mass is 245 g/mol. The van der Waals surface area contributed by atoms with Gasteiger partial charge in [0.25, 0.3) is 0 Å². The lowest BCUT2D eigenvalue weighted by Crippen LogP contribution is -2.39. The molecular formula is C8H14Cl3NO. The lowest BCUT2D eigenvalue weighted by Gasteiger charge is -2.23. The van der Waals surface area contributed by atoms with Gasteiger partial charge in [0.2, 0.25) is 5.91 Å². The van der Waals surface area contributed by atoms with Crippen molar-refractivity contribution in [2.24, 2.45) is 0 Å². The van der Waals surface area contributed by atoms with Crippen LogP contribution in [0, 0.1) is 0 Å². The van der Waals surface area contributed by atoms with Crippen molar-refractivity contribution in [1.82, 2.24) is 4.90 Å². The summed E-state index contributed by atoms with van der Waals surface area (Å²) in [5, 5.41) is -0.162. The van der Waals surface area contributed by atoms with E-state index in [-0.39, 0.29) is 22.5 Å². The van der Waals surface area contributed by atoms with Crippen molar-refractivity contribution in [3.63, 3.8) is 0 Å². The van der Waals surface area contributed by atoms with Crippen LogP contribution in [0.15, 0.2) is 0 Å². The summed E-state index contributed by atoms with van der Waals surface area (Å²) in [6, 6.07) is 0. The summed E-state index contributed by atoms with van der Waals surface area (Å²) in [5.74, 6) is -0.144. The highest BCUT2D eigenvalue weighted by Gasteiger charge is 2.16. The van der Waals surface area contributed by atoms with Gasteiger partial charge in [0.15, 0.2) is 0 Å². The van der Waals surface area contributed by atoms with Crippen molar-refractivity contribution >= 4 is 40.7 Å². The second kappa shape index (κ2) is 6.74. The van der Waals surface area contributed by atoms with Crippen LogP contribution in [0.4, 0.5) is 0 Å². The molecule has 2 unspecified atom stereocenters. The molecule has 0 aromatic carbocycles. The maximum atomic E-state index is 11.3. The van der Waals surface area contributed by atoms with E-state index in [4.69, 9.17) is 34.8 Å². The van der Waals surface area contributed by atoms with Crippen LogP contribution in [0.5, 0.6) is 0 Å². The Morgan fingerprint density at radius 1 is 1.23 bits per heavy atom. The standard InChI is InChI=1S/C8H14Cl3NO/c1-6(10)4-12(5-7(2)11)8(13)3-9/h6-7H,3-5H2,1-2H3. The zero-order valence-corrected chi connectivity index (χ0v) is 10.0. The Kier molecular flexibility index (Phi) is 6.92. The van der Waals surface area contributed by atoms with Gasteiger partial charge in [-0.15, -0.1) is 34.8 Å².